The van der Waals surface area contributed by atoms with Crippen LogP contribution in [0.15, 0.2) is 59.5 Å². The minimum absolute atomic E-state index is 0.109. The molecule has 1 fully saturated rings. The number of ether oxygens (including phenoxy) is 1. The quantitative estimate of drug-likeness (QED) is 0.549. The number of hydrogen-bond acceptors (Lipinski definition) is 5. The molecule has 7 nitrogen and oxygen atoms in total. The van der Waals surface area contributed by atoms with Crippen LogP contribution in [0.1, 0.15) is 23.3 Å². The molecule has 1 aliphatic rings. The van der Waals surface area contributed by atoms with Gasteiger partial charge < -0.3 is 9.64 Å². The van der Waals surface area contributed by atoms with Crippen molar-refractivity contribution in [2.24, 2.45) is 7.05 Å². The molecule has 0 unspecified atom stereocenters. The van der Waals surface area contributed by atoms with Crippen molar-refractivity contribution in [2.45, 2.75) is 23.0 Å². The summed E-state index contributed by atoms with van der Waals surface area (Å²) >= 11 is 0. The van der Waals surface area contributed by atoms with Crippen LogP contribution in [-0.2, 0) is 16.9 Å². The fraction of sp³-hybridized carbons (Fsp3) is 0.304. The molecule has 3 aromatic rings. The van der Waals surface area contributed by atoms with E-state index in [4.69, 9.17) is 4.74 Å². The first-order valence-corrected chi connectivity index (χ1v) is 11.8. The summed E-state index contributed by atoms with van der Waals surface area (Å²) in [7, 11) is -0.273. The van der Waals surface area contributed by atoms with E-state index in [0.717, 1.165) is 17.7 Å². The van der Waals surface area contributed by atoms with Gasteiger partial charge in [0.05, 0.1) is 22.9 Å². The van der Waals surface area contributed by atoms with Crippen molar-refractivity contribution in [2.75, 3.05) is 20.2 Å². The van der Waals surface area contributed by atoms with Gasteiger partial charge >= 0.3 is 0 Å². The standard InChI is InChI=1S/C23H24FN3O4S/c1-26-22(15-21(25-26)16-4-3-5-18(14-16)31-2)23(28)27-12-10-20(11-13-27)32(29,30)19-8-6-17(24)7-9-19/h3-9,14-15,20H,10-13H2,1-2H3. The van der Waals surface area contributed by atoms with Crippen LogP contribution in [0.2, 0.25) is 0 Å². The minimum Gasteiger partial charge on any atom is -0.497 e. The van der Waals surface area contributed by atoms with Crippen molar-refractivity contribution in [1.29, 1.82) is 0 Å². The average molecular weight is 458 g/mol. The Balaban J connectivity index is 1.47. The summed E-state index contributed by atoms with van der Waals surface area (Å²) in [4.78, 5) is 14.9. The normalized spacial score (nSPS) is 15.0. The number of carbonyl (C=O) groups excluding carboxylic acids is 1. The first kappa shape index (κ1) is 22.0. The molecular formula is C23H24FN3O4S. The highest BCUT2D eigenvalue weighted by molar-refractivity contribution is 7.92. The minimum atomic E-state index is -3.57. The molecule has 0 saturated carbocycles. The number of rotatable bonds is 5. The zero-order valence-corrected chi connectivity index (χ0v) is 18.7. The number of aryl methyl sites for hydroxylation is 1. The zero-order valence-electron chi connectivity index (χ0n) is 17.9. The average Bonchev–Trinajstić information content (AvgIpc) is 3.20. The van der Waals surface area contributed by atoms with E-state index in [2.05, 4.69) is 5.10 Å². The summed E-state index contributed by atoms with van der Waals surface area (Å²) in [6, 6.07) is 14.0. The Kier molecular flexibility index (Phi) is 6.01. The van der Waals surface area contributed by atoms with Crippen LogP contribution in [0.25, 0.3) is 11.3 Å². The molecule has 2 aromatic carbocycles. The van der Waals surface area contributed by atoms with E-state index >= 15 is 0 Å². The molecule has 1 saturated heterocycles. The van der Waals surface area contributed by atoms with E-state index < -0.39 is 20.9 Å². The van der Waals surface area contributed by atoms with E-state index in [0.29, 0.717) is 43.1 Å². The number of aromatic nitrogens is 2. The molecule has 0 aliphatic carbocycles. The topological polar surface area (TPSA) is 81.5 Å². The summed E-state index contributed by atoms with van der Waals surface area (Å²) in [5, 5.41) is 3.86. The monoisotopic (exact) mass is 457 g/mol. The summed E-state index contributed by atoms with van der Waals surface area (Å²) in [5.74, 6) is 0.0334. The molecule has 0 bridgehead atoms. The molecule has 1 aliphatic heterocycles. The number of methoxy groups -OCH3 is 1. The lowest BCUT2D eigenvalue weighted by Gasteiger charge is -2.31. The summed E-state index contributed by atoms with van der Waals surface area (Å²) in [6.45, 7) is 0.646. The van der Waals surface area contributed by atoms with Gasteiger partial charge in [-0.2, -0.15) is 5.10 Å². The third-order valence-electron chi connectivity index (χ3n) is 5.77. The lowest BCUT2D eigenvalue weighted by molar-refractivity contribution is 0.0714. The van der Waals surface area contributed by atoms with Crippen LogP contribution in [0.3, 0.4) is 0 Å². The predicted molar refractivity (Wildman–Crippen MR) is 118 cm³/mol. The van der Waals surface area contributed by atoms with Crippen LogP contribution in [0, 0.1) is 5.82 Å². The molecule has 168 valence electrons. The molecule has 0 atom stereocenters. The van der Waals surface area contributed by atoms with E-state index in [9.17, 15) is 17.6 Å². The van der Waals surface area contributed by atoms with Gasteiger partial charge in [-0.05, 0) is 55.3 Å². The SMILES string of the molecule is COc1cccc(-c2cc(C(=O)N3CCC(S(=O)(=O)c4ccc(F)cc4)CC3)n(C)n2)c1. The van der Waals surface area contributed by atoms with Gasteiger partial charge in [0.1, 0.15) is 17.3 Å². The molecule has 0 spiro atoms. The maximum atomic E-state index is 13.1. The Labute approximate surface area is 186 Å². The van der Waals surface area contributed by atoms with Crippen molar-refractivity contribution in [3.8, 4) is 17.0 Å². The van der Waals surface area contributed by atoms with Crippen LogP contribution in [0.5, 0.6) is 5.75 Å². The smallest absolute Gasteiger partial charge is 0.272 e. The maximum Gasteiger partial charge on any atom is 0.272 e. The molecule has 1 aromatic heterocycles. The third-order valence-corrected chi connectivity index (χ3v) is 8.05. The fourth-order valence-corrected chi connectivity index (χ4v) is 5.67. The number of nitrogens with zero attached hydrogens (tertiary/aromatic N) is 3. The van der Waals surface area contributed by atoms with Crippen molar-refractivity contribution < 1.29 is 22.3 Å². The molecule has 0 N–H and O–H groups in total. The van der Waals surface area contributed by atoms with Crippen LogP contribution >= 0.6 is 0 Å². The highest BCUT2D eigenvalue weighted by Gasteiger charge is 2.33. The number of sulfone groups is 1. The Morgan fingerprint density at radius 3 is 2.44 bits per heavy atom. The second kappa shape index (κ2) is 8.74. The molecule has 32 heavy (non-hydrogen) atoms. The molecule has 2 heterocycles. The lowest BCUT2D eigenvalue weighted by Crippen LogP contribution is -2.43. The first-order chi connectivity index (χ1) is 15.3. The number of carbonyl (C=O) groups is 1. The summed E-state index contributed by atoms with van der Waals surface area (Å²) in [5.41, 5.74) is 1.93. The highest BCUT2D eigenvalue weighted by Crippen LogP contribution is 2.27. The highest BCUT2D eigenvalue weighted by atomic mass is 32.2. The second-order valence-electron chi connectivity index (χ2n) is 7.76. The summed E-state index contributed by atoms with van der Waals surface area (Å²) in [6.07, 6.45) is 0.651. The largest absolute Gasteiger partial charge is 0.497 e. The number of piperidine rings is 1. The number of likely N-dealkylation sites (tertiary alicyclic amines) is 1. The third kappa shape index (κ3) is 4.25. The van der Waals surface area contributed by atoms with E-state index in [1.165, 1.54) is 12.1 Å². The molecular weight excluding hydrogens is 433 g/mol. The van der Waals surface area contributed by atoms with Crippen molar-refractivity contribution in [1.82, 2.24) is 14.7 Å². The molecule has 9 heteroatoms. The van der Waals surface area contributed by atoms with Crippen molar-refractivity contribution in [3.05, 3.63) is 66.1 Å². The van der Waals surface area contributed by atoms with Gasteiger partial charge in [0.15, 0.2) is 9.84 Å². The van der Waals surface area contributed by atoms with Gasteiger partial charge in [0, 0.05) is 25.7 Å². The Morgan fingerprint density at radius 2 is 1.78 bits per heavy atom. The number of halogens is 1. The first-order valence-electron chi connectivity index (χ1n) is 10.3. The second-order valence-corrected chi connectivity index (χ2v) is 9.99. The van der Waals surface area contributed by atoms with Gasteiger partial charge in [-0.15, -0.1) is 0 Å². The maximum absolute atomic E-state index is 13.1. The Bertz CT molecular complexity index is 1230. The van der Waals surface area contributed by atoms with E-state index in [1.54, 1.807) is 29.8 Å². The van der Waals surface area contributed by atoms with Crippen molar-refractivity contribution >= 4 is 15.7 Å². The Hall–Kier alpha value is -3.20. The molecule has 1 amide bonds. The van der Waals surface area contributed by atoms with E-state index in [1.807, 2.05) is 24.3 Å². The van der Waals surface area contributed by atoms with Gasteiger partial charge in [0.25, 0.3) is 5.91 Å². The molecule has 0 radical (unpaired) electrons. The van der Waals surface area contributed by atoms with Crippen LogP contribution in [0.4, 0.5) is 4.39 Å². The fourth-order valence-electron chi connectivity index (χ4n) is 3.94. The number of hydrogen-bond donors (Lipinski definition) is 0. The summed E-state index contributed by atoms with van der Waals surface area (Å²) < 4.78 is 45.7. The van der Waals surface area contributed by atoms with Gasteiger partial charge in [-0.3, -0.25) is 9.48 Å². The van der Waals surface area contributed by atoms with Crippen LogP contribution < -0.4 is 4.74 Å². The zero-order chi connectivity index (χ0) is 22.9. The lowest BCUT2D eigenvalue weighted by atomic mass is 10.1. The molecule has 4 rings (SSSR count). The van der Waals surface area contributed by atoms with Gasteiger partial charge in [-0.25, -0.2) is 12.8 Å². The van der Waals surface area contributed by atoms with Gasteiger partial charge in [-0.1, -0.05) is 12.1 Å². The van der Waals surface area contributed by atoms with Crippen molar-refractivity contribution in [3.63, 3.8) is 0 Å². The Morgan fingerprint density at radius 1 is 1.09 bits per heavy atom. The van der Waals surface area contributed by atoms with E-state index in [-0.39, 0.29) is 10.8 Å². The van der Waals surface area contributed by atoms with Gasteiger partial charge in [0.2, 0.25) is 0 Å². The number of benzene rings is 2. The van der Waals surface area contributed by atoms with Crippen LogP contribution in [-0.4, -0.2) is 54.5 Å². The number of amides is 1. The predicted octanol–water partition coefficient (Wildman–Crippen LogP) is 3.31.